The van der Waals surface area contributed by atoms with Crippen LogP contribution in [0.1, 0.15) is 24.4 Å². The fourth-order valence-electron chi connectivity index (χ4n) is 2.41. The van der Waals surface area contributed by atoms with E-state index in [4.69, 9.17) is 4.74 Å². The Kier molecular flexibility index (Phi) is 4.79. The van der Waals surface area contributed by atoms with Gasteiger partial charge in [0, 0.05) is 39.0 Å². The number of aliphatic carboxylic acids is 1. The molecule has 8 nitrogen and oxygen atoms in total. The molecule has 1 aliphatic heterocycles. The van der Waals surface area contributed by atoms with Crippen molar-refractivity contribution in [2.75, 3.05) is 20.2 Å². The predicted molar refractivity (Wildman–Crippen MR) is 73.7 cm³/mol. The van der Waals surface area contributed by atoms with Gasteiger partial charge in [-0.25, -0.2) is 9.59 Å². The molecule has 1 aromatic heterocycles. The Hall–Kier alpha value is -2.09. The van der Waals surface area contributed by atoms with Gasteiger partial charge < -0.3 is 20.1 Å². The maximum absolute atomic E-state index is 12.2. The Bertz CT molecular complexity index is 516. The highest BCUT2D eigenvalue weighted by molar-refractivity contribution is 5.83. The number of aryl methyl sites for hydroxylation is 1. The quantitative estimate of drug-likeness (QED) is 0.836. The molecule has 0 bridgehead atoms. The van der Waals surface area contributed by atoms with Crippen LogP contribution in [0.4, 0.5) is 4.79 Å². The summed E-state index contributed by atoms with van der Waals surface area (Å²) in [5.41, 5.74) is 0.443. The number of piperidine rings is 1. The van der Waals surface area contributed by atoms with Gasteiger partial charge in [-0.3, -0.25) is 4.68 Å². The topological polar surface area (TPSA) is 96.7 Å². The van der Waals surface area contributed by atoms with E-state index in [9.17, 15) is 14.7 Å². The minimum Gasteiger partial charge on any atom is -0.479 e. The van der Waals surface area contributed by atoms with Crippen LogP contribution in [-0.2, 0) is 16.6 Å². The van der Waals surface area contributed by atoms with Crippen molar-refractivity contribution in [2.24, 2.45) is 7.05 Å². The van der Waals surface area contributed by atoms with Gasteiger partial charge in [0.05, 0.1) is 12.3 Å². The molecule has 2 unspecified atom stereocenters. The fourth-order valence-corrected chi connectivity index (χ4v) is 2.41. The van der Waals surface area contributed by atoms with Crippen LogP contribution in [0.2, 0.25) is 0 Å². The number of hydrogen-bond donors (Lipinski definition) is 2. The summed E-state index contributed by atoms with van der Waals surface area (Å²) in [6.45, 7) is 1.08. The Morgan fingerprint density at radius 1 is 1.57 bits per heavy atom. The van der Waals surface area contributed by atoms with E-state index in [1.807, 2.05) is 0 Å². The maximum Gasteiger partial charge on any atom is 0.331 e. The Morgan fingerprint density at radius 2 is 2.33 bits per heavy atom. The lowest BCUT2D eigenvalue weighted by molar-refractivity contribution is -0.139. The number of rotatable bonds is 4. The van der Waals surface area contributed by atoms with Crippen LogP contribution < -0.4 is 5.32 Å². The molecule has 8 heteroatoms. The lowest BCUT2D eigenvalue weighted by atomic mass is 10.1. The third-order valence-corrected chi connectivity index (χ3v) is 3.57. The van der Waals surface area contributed by atoms with Gasteiger partial charge in [0.25, 0.3) is 0 Å². The number of carbonyl (C=O) groups is 2. The van der Waals surface area contributed by atoms with Crippen LogP contribution in [0.5, 0.6) is 0 Å². The molecular formula is C13H20N4O4. The first-order chi connectivity index (χ1) is 10.0. The number of urea groups is 1. The second kappa shape index (κ2) is 6.57. The summed E-state index contributed by atoms with van der Waals surface area (Å²) < 4.78 is 6.76. The van der Waals surface area contributed by atoms with Gasteiger partial charge >= 0.3 is 12.0 Å². The Morgan fingerprint density at radius 3 is 2.90 bits per heavy atom. The monoisotopic (exact) mass is 296 g/mol. The van der Waals surface area contributed by atoms with Crippen LogP contribution in [0.15, 0.2) is 12.4 Å². The van der Waals surface area contributed by atoms with Gasteiger partial charge in [0.15, 0.2) is 6.04 Å². The number of methoxy groups -OCH3 is 1. The predicted octanol–water partition coefficient (Wildman–Crippen LogP) is 0.366. The number of nitrogens with one attached hydrogen (secondary N) is 1. The molecule has 1 aliphatic rings. The second-order valence-electron chi connectivity index (χ2n) is 5.11. The molecular weight excluding hydrogens is 276 g/mol. The fraction of sp³-hybridized carbons (Fsp3) is 0.615. The number of nitrogens with zero attached hydrogens (tertiary/aromatic N) is 3. The number of hydrogen-bond acceptors (Lipinski definition) is 4. The van der Waals surface area contributed by atoms with Gasteiger partial charge in [0.2, 0.25) is 0 Å². The molecule has 1 fully saturated rings. The summed E-state index contributed by atoms with van der Waals surface area (Å²) in [4.78, 5) is 25.2. The van der Waals surface area contributed by atoms with Crippen molar-refractivity contribution < 1.29 is 19.4 Å². The first kappa shape index (κ1) is 15.3. The summed E-state index contributed by atoms with van der Waals surface area (Å²) >= 11 is 0. The number of carbonyl (C=O) groups excluding carboxylic acids is 1. The van der Waals surface area contributed by atoms with E-state index < -0.39 is 18.0 Å². The molecule has 0 aliphatic carbocycles. The summed E-state index contributed by atoms with van der Waals surface area (Å²) in [6, 6.07) is -1.50. The van der Waals surface area contributed by atoms with Gasteiger partial charge in [-0.2, -0.15) is 5.10 Å². The van der Waals surface area contributed by atoms with Crippen molar-refractivity contribution in [2.45, 2.75) is 25.0 Å². The third kappa shape index (κ3) is 3.72. The highest BCUT2D eigenvalue weighted by atomic mass is 16.5. The standard InChI is InChI=1S/C13H20N4O4/c1-16-7-9(6-14-16)11(12(18)19)15-13(20)17-5-3-4-10(8-17)21-2/h6-7,10-11H,3-5,8H2,1-2H3,(H,15,20)(H,18,19). The number of carboxylic acid groups (broad SMARTS) is 1. The average Bonchev–Trinajstić information content (AvgIpc) is 2.90. The molecule has 116 valence electrons. The molecule has 0 saturated carbocycles. The van der Waals surface area contributed by atoms with E-state index in [1.165, 1.54) is 10.9 Å². The minimum absolute atomic E-state index is 0.00571. The van der Waals surface area contributed by atoms with Crippen LogP contribution in [0, 0.1) is 0 Å². The summed E-state index contributed by atoms with van der Waals surface area (Å²) in [5.74, 6) is -1.11. The van der Waals surface area contributed by atoms with E-state index in [1.54, 1.807) is 25.3 Å². The summed E-state index contributed by atoms with van der Waals surface area (Å²) in [5, 5.41) is 15.8. The van der Waals surface area contributed by atoms with Crippen molar-refractivity contribution in [3.63, 3.8) is 0 Å². The SMILES string of the molecule is COC1CCCN(C(=O)NC(C(=O)O)c2cnn(C)c2)C1. The van der Waals surface area contributed by atoms with Crippen LogP contribution in [0.25, 0.3) is 0 Å². The van der Waals surface area contributed by atoms with Gasteiger partial charge in [-0.1, -0.05) is 0 Å². The molecule has 0 aromatic carbocycles. The van der Waals surface area contributed by atoms with Crippen LogP contribution in [-0.4, -0.2) is 58.1 Å². The molecule has 2 atom stereocenters. The molecule has 21 heavy (non-hydrogen) atoms. The normalized spacial score (nSPS) is 20.1. The lowest BCUT2D eigenvalue weighted by Gasteiger charge is -2.32. The van der Waals surface area contributed by atoms with E-state index in [0.717, 1.165) is 12.8 Å². The zero-order valence-corrected chi connectivity index (χ0v) is 12.2. The zero-order valence-electron chi connectivity index (χ0n) is 12.2. The Balaban J connectivity index is 2.03. The summed E-state index contributed by atoms with van der Waals surface area (Å²) in [7, 11) is 3.31. The van der Waals surface area contributed by atoms with Crippen molar-refractivity contribution in [3.05, 3.63) is 18.0 Å². The molecule has 0 spiro atoms. The van der Waals surface area contributed by atoms with Crippen molar-refractivity contribution in [1.82, 2.24) is 20.0 Å². The molecule has 2 amide bonds. The van der Waals surface area contributed by atoms with Crippen LogP contribution >= 0.6 is 0 Å². The van der Waals surface area contributed by atoms with E-state index >= 15 is 0 Å². The maximum atomic E-state index is 12.2. The second-order valence-corrected chi connectivity index (χ2v) is 5.11. The van der Waals surface area contributed by atoms with E-state index in [2.05, 4.69) is 10.4 Å². The van der Waals surface area contributed by atoms with Crippen molar-refractivity contribution in [1.29, 1.82) is 0 Å². The molecule has 1 saturated heterocycles. The smallest absolute Gasteiger partial charge is 0.331 e. The highest BCUT2D eigenvalue weighted by Crippen LogP contribution is 2.16. The molecule has 2 rings (SSSR count). The molecule has 2 heterocycles. The van der Waals surface area contributed by atoms with Crippen LogP contribution in [0.3, 0.4) is 0 Å². The number of amides is 2. The number of carboxylic acids is 1. The first-order valence-electron chi connectivity index (χ1n) is 6.81. The zero-order chi connectivity index (χ0) is 15.4. The van der Waals surface area contributed by atoms with Gasteiger partial charge in [-0.05, 0) is 12.8 Å². The first-order valence-corrected chi connectivity index (χ1v) is 6.81. The van der Waals surface area contributed by atoms with E-state index in [0.29, 0.717) is 18.7 Å². The number of aromatic nitrogens is 2. The molecule has 2 N–H and O–H groups in total. The van der Waals surface area contributed by atoms with Crippen molar-refractivity contribution in [3.8, 4) is 0 Å². The molecule has 0 radical (unpaired) electrons. The highest BCUT2D eigenvalue weighted by Gasteiger charge is 2.28. The molecule has 1 aromatic rings. The van der Waals surface area contributed by atoms with Gasteiger partial charge in [0.1, 0.15) is 0 Å². The average molecular weight is 296 g/mol. The van der Waals surface area contributed by atoms with Gasteiger partial charge in [-0.15, -0.1) is 0 Å². The largest absolute Gasteiger partial charge is 0.479 e. The Labute approximate surface area is 122 Å². The summed E-state index contributed by atoms with van der Waals surface area (Å²) in [6.07, 6.45) is 4.77. The number of ether oxygens (including phenoxy) is 1. The third-order valence-electron chi connectivity index (χ3n) is 3.57. The lowest BCUT2D eigenvalue weighted by Crippen LogP contribution is -2.49. The van der Waals surface area contributed by atoms with E-state index in [-0.39, 0.29) is 6.10 Å². The number of likely N-dealkylation sites (tertiary alicyclic amines) is 1. The van der Waals surface area contributed by atoms with Crippen molar-refractivity contribution >= 4 is 12.0 Å². The minimum atomic E-state index is -1.11.